The molecule has 0 amide bonds. The number of aromatic nitrogens is 2. The minimum Gasteiger partial charge on any atom is -0.331 e. The Bertz CT molecular complexity index is 705. The predicted octanol–water partition coefficient (Wildman–Crippen LogP) is 4.15. The summed E-state index contributed by atoms with van der Waals surface area (Å²) in [6, 6.07) is 7.12. The normalized spacial score (nSPS) is 27.1. The van der Waals surface area contributed by atoms with Crippen LogP contribution in [-0.4, -0.2) is 33.6 Å². The Labute approximate surface area is 128 Å². The Morgan fingerprint density at radius 2 is 2.05 bits per heavy atom. The molecule has 2 atom stereocenters. The van der Waals surface area contributed by atoms with Gasteiger partial charge in [0, 0.05) is 17.6 Å². The summed E-state index contributed by atoms with van der Waals surface area (Å²) in [5, 5.41) is 0.777. The third-order valence-corrected chi connectivity index (χ3v) is 5.37. The number of hydrogen-bond acceptors (Lipinski definition) is 2. The zero-order chi connectivity index (χ0) is 13.7. The van der Waals surface area contributed by atoms with Crippen LogP contribution in [0.15, 0.2) is 18.2 Å². The first-order chi connectivity index (χ1) is 9.74. The monoisotopic (exact) mass is 307 g/mol. The number of benzene rings is 1. The zero-order valence-corrected chi connectivity index (χ0v) is 12.9. The van der Waals surface area contributed by atoms with Gasteiger partial charge in [0.05, 0.1) is 17.1 Å². The van der Waals surface area contributed by atoms with Gasteiger partial charge < -0.3 is 9.55 Å². The van der Waals surface area contributed by atoms with Crippen molar-refractivity contribution in [3.8, 4) is 0 Å². The van der Waals surface area contributed by atoms with E-state index in [9.17, 15) is 0 Å². The van der Waals surface area contributed by atoms with E-state index in [1.807, 2.05) is 18.2 Å². The van der Waals surface area contributed by atoms with Crippen molar-refractivity contribution in [3.05, 3.63) is 28.0 Å². The summed E-state index contributed by atoms with van der Waals surface area (Å²) in [5.41, 5.74) is 2.24. The van der Waals surface area contributed by atoms with Gasteiger partial charge in [-0.2, -0.15) is 0 Å². The van der Waals surface area contributed by atoms with Gasteiger partial charge in [0.1, 0.15) is 0 Å². The highest BCUT2D eigenvalue weighted by Gasteiger charge is 2.37. The van der Waals surface area contributed by atoms with Crippen molar-refractivity contribution in [1.82, 2.24) is 14.5 Å². The molecule has 2 unspecified atom stereocenters. The summed E-state index contributed by atoms with van der Waals surface area (Å²) < 4.78 is 3.15. The van der Waals surface area contributed by atoms with Gasteiger partial charge in [-0.3, -0.25) is 4.90 Å². The maximum Gasteiger partial charge on any atom is 0.178 e. The minimum atomic E-state index is 0.495. The number of piperidine rings is 1. The number of halogens is 1. The highest BCUT2D eigenvalue weighted by molar-refractivity contribution is 7.71. The highest BCUT2D eigenvalue weighted by atomic mass is 35.5. The van der Waals surface area contributed by atoms with Crippen molar-refractivity contribution in [2.24, 2.45) is 0 Å². The molecule has 0 radical (unpaired) electrons. The fraction of sp³-hybridized carbons (Fsp3) is 0.533. The standard InChI is InChI=1S/C15H18ClN3S/c16-10-4-5-11-14(9-10)19(15(20)17-11)13-6-8-18-7-2-1-3-12(13)18/h4-5,9,12-13H,1-3,6-8H2,(H,17,20). The fourth-order valence-electron chi connectivity index (χ4n) is 3.95. The lowest BCUT2D eigenvalue weighted by Gasteiger charge is -2.33. The first-order valence-electron chi connectivity index (χ1n) is 7.38. The van der Waals surface area contributed by atoms with Crippen LogP contribution in [0.1, 0.15) is 31.7 Å². The summed E-state index contributed by atoms with van der Waals surface area (Å²) in [6.07, 6.45) is 5.17. The van der Waals surface area contributed by atoms with E-state index in [1.165, 1.54) is 38.8 Å². The number of fused-ring (bicyclic) bond motifs is 2. The molecule has 106 valence electrons. The van der Waals surface area contributed by atoms with Gasteiger partial charge >= 0.3 is 0 Å². The van der Waals surface area contributed by atoms with Crippen LogP contribution in [0, 0.1) is 4.77 Å². The van der Waals surface area contributed by atoms with Gasteiger partial charge in [-0.15, -0.1) is 0 Å². The molecule has 1 aromatic heterocycles. The molecular weight excluding hydrogens is 290 g/mol. The summed E-state index contributed by atoms with van der Waals surface area (Å²) in [4.78, 5) is 5.97. The third-order valence-electron chi connectivity index (χ3n) is 4.83. The Balaban J connectivity index is 1.83. The minimum absolute atomic E-state index is 0.495. The molecule has 2 saturated heterocycles. The van der Waals surface area contributed by atoms with E-state index in [0.29, 0.717) is 12.1 Å². The van der Waals surface area contributed by atoms with Crippen molar-refractivity contribution in [3.63, 3.8) is 0 Å². The van der Waals surface area contributed by atoms with Gasteiger partial charge in [-0.25, -0.2) is 0 Å². The van der Waals surface area contributed by atoms with Crippen LogP contribution >= 0.6 is 23.8 Å². The Morgan fingerprint density at radius 1 is 1.15 bits per heavy atom. The van der Waals surface area contributed by atoms with Crippen LogP contribution in [0.4, 0.5) is 0 Å². The second-order valence-electron chi connectivity index (χ2n) is 5.92. The lowest BCUT2D eigenvalue weighted by molar-refractivity contribution is 0.174. The molecule has 0 aliphatic carbocycles. The number of rotatable bonds is 1. The molecule has 2 aromatic rings. The number of imidazole rings is 1. The molecule has 0 spiro atoms. The van der Waals surface area contributed by atoms with Crippen LogP contribution in [0.3, 0.4) is 0 Å². The van der Waals surface area contributed by atoms with Crippen molar-refractivity contribution in [1.29, 1.82) is 0 Å². The number of nitrogens with one attached hydrogen (secondary N) is 1. The molecule has 0 bridgehead atoms. The van der Waals surface area contributed by atoms with Crippen molar-refractivity contribution < 1.29 is 0 Å². The molecule has 5 heteroatoms. The quantitative estimate of drug-likeness (QED) is 0.800. The van der Waals surface area contributed by atoms with Crippen LogP contribution < -0.4 is 0 Å². The summed E-state index contributed by atoms with van der Waals surface area (Å²) in [6.45, 7) is 2.45. The largest absolute Gasteiger partial charge is 0.331 e. The second kappa shape index (κ2) is 4.86. The molecule has 2 aliphatic heterocycles. The van der Waals surface area contributed by atoms with Crippen molar-refractivity contribution in [2.45, 2.75) is 37.8 Å². The zero-order valence-electron chi connectivity index (χ0n) is 11.3. The molecule has 1 aromatic carbocycles. The highest BCUT2D eigenvalue weighted by Crippen LogP contribution is 2.37. The topological polar surface area (TPSA) is 24.0 Å². The first kappa shape index (κ1) is 12.9. The summed E-state index contributed by atoms with van der Waals surface area (Å²) >= 11 is 11.7. The van der Waals surface area contributed by atoms with Gasteiger partial charge in [0.25, 0.3) is 0 Å². The van der Waals surface area contributed by atoms with E-state index in [-0.39, 0.29) is 0 Å². The second-order valence-corrected chi connectivity index (χ2v) is 6.74. The van der Waals surface area contributed by atoms with E-state index in [1.54, 1.807) is 0 Å². The van der Waals surface area contributed by atoms with Crippen LogP contribution in [0.2, 0.25) is 5.02 Å². The van der Waals surface area contributed by atoms with Crippen molar-refractivity contribution >= 4 is 34.9 Å². The van der Waals surface area contributed by atoms with Crippen LogP contribution in [0.5, 0.6) is 0 Å². The Morgan fingerprint density at radius 3 is 2.95 bits per heavy atom. The lowest BCUT2D eigenvalue weighted by atomic mass is 9.99. The summed E-state index contributed by atoms with van der Waals surface area (Å²) in [7, 11) is 0. The Hall–Kier alpha value is -0.840. The van der Waals surface area contributed by atoms with E-state index in [4.69, 9.17) is 23.8 Å². The third kappa shape index (κ3) is 1.93. The molecule has 4 rings (SSSR count). The number of hydrogen-bond donors (Lipinski definition) is 1. The smallest absolute Gasteiger partial charge is 0.178 e. The van der Waals surface area contributed by atoms with Gasteiger partial charge in [-0.05, 0) is 56.2 Å². The molecule has 2 aliphatic rings. The fourth-order valence-corrected chi connectivity index (χ4v) is 4.46. The molecular formula is C15H18ClN3S. The average molecular weight is 308 g/mol. The number of nitrogens with zero attached hydrogens (tertiary/aromatic N) is 2. The van der Waals surface area contributed by atoms with E-state index in [0.717, 1.165) is 20.8 Å². The molecule has 20 heavy (non-hydrogen) atoms. The molecule has 2 fully saturated rings. The van der Waals surface area contributed by atoms with Crippen LogP contribution in [0.25, 0.3) is 11.0 Å². The van der Waals surface area contributed by atoms with Gasteiger partial charge in [0.15, 0.2) is 4.77 Å². The molecule has 0 saturated carbocycles. The lowest BCUT2D eigenvalue weighted by Crippen LogP contribution is -2.37. The molecule has 3 nitrogen and oxygen atoms in total. The number of H-pyrrole nitrogens is 1. The van der Waals surface area contributed by atoms with E-state index in [2.05, 4.69) is 14.5 Å². The van der Waals surface area contributed by atoms with Crippen molar-refractivity contribution in [2.75, 3.05) is 13.1 Å². The van der Waals surface area contributed by atoms with E-state index >= 15 is 0 Å². The van der Waals surface area contributed by atoms with Gasteiger partial charge in [-0.1, -0.05) is 18.0 Å². The van der Waals surface area contributed by atoms with E-state index < -0.39 is 0 Å². The molecule has 1 N–H and O–H groups in total. The maximum absolute atomic E-state index is 6.17. The van der Waals surface area contributed by atoms with Gasteiger partial charge in [0.2, 0.25) is 0 Å². The average Bonchev–Trinajstić information content (AvgIpc) is 2.99. The van der Waals surface area contributed by atoms with Crippen LogP contribution in [-0.2, 0) is 0 Å². The maximum atomic E-state index is 6.17. The SMILES string of the molecule is S=c1[nH]c2ccc(Cl)cc2n1C1CCN2CCCCC12. The predicted molar refractivity (Wildman–Crippen MR) is 85.0 cm³/mol. The Kier molecular flexibility index (Phi) is 3.13. The first-order valence-corrected chi connectivity index (χ1v) is 8.16. The molecule has 3 heterocycles. The number of aromatic amines is 1. The summed E-state index contributed by atoms with van der Waals surface area (Å²) in [5.74, 6) is 0.